The van der Waals surface area contributed by atoms with Crippen molar-refractivity contribution in [1.29, 1.82) is 0 Å². The van der Waals surface area contributed by atoms with E-state index < -0.39 is 9.84 Å². The number of amides is 1. The number of carbonyl (C=O) groups is 1. The summed E-state index contributed by atoms with van der Waals surface area (Å²) < 4.78 is 29.8. The molecule has 0 aromatic heterocycles. The summed E-state index contributed by atoms with van der Waals surface area (Å²) in [4.78, 5) is 14.8. The lowest BCUT2D eigenvalue weighted by molar-refractivity contribution is -0.136. The maximum Gasteiger partial charge on any atom is 0.261 e. The van der Waals surface area contributed by atoms with Crippen molar-refractivity contribution < 1.29 is 17.9 Å². The molecule has 1 unspecified atom stereocenters. The summed E-state index contributed by atoms with van der Waals surface area (Å²) in [5.41, 5.74) is 3.05. The highest BCUT2D eigenvalue weighted by molar-refractivity contribution is 7.91. The largest absolute Gasteiger partial charge is 0.483 e. The number of aryl methyl sites for hydroxylation is 1. The summed E-state index contributed by atoms with van der Waals surface area (Å²) in [7, 11) is -3.12. The van der Waals surface area contributed by atoms with E-state index in [1.807, 2.05) is 19.1 Å². The van der Waals surface area contributed by atoms with Crippen LogP contribution in [0.3, 0.4) is 0 Å². The molecule has 0 bridgehead atoms. The maximum absolute atomic E-state index is 13.1. The molecule has 1 amide bonds. The van der Waals surface area contributed by atoms with Crippen LogP contribution >= 0.6 is 11.6 Å². The van der Waals surface area contributed by atoms with Crippen molar-refractivity contribution in [2.75, 3.05) is 18.1 Å². The molecule has 0 saturated carbocycles. The molecule has 1 fully saturated rings. The minimum Gasteiger partial charge on any atom is -0.483 e. The fourth-order valence-electron chi connectivity index (χ4n) is 3.75. The van der Waals surface area contributed by atoms with Crippen LogP contribution in [-0.4, -0.2) is 43.4 Å². The zero-order valence-corrected chi connectivity index (χ0v) is 20.1. The van der Waals surface area contributed by atoms with Crippen LogP contribution in [0, 0.1) is 6.92 Å². The molecule has 31 heavy (non-hydrogen) atoms. The molecule has 168 valence electrons. The average Bonchev–Trinajstić information content (AvgIpc) is 3.04. The predicted octanol–water partition coefficient (Wildman–Crippen LogP) is 4.54. The predicted molar refractivity (Wildman–Crippen MR) is 124 cm³/mol. The van der Waals surface area contributed by atoms with E-state index in [9.17, 15) is 13.2 Å². The number of carbonyl (C=O) groups excluding carboxylic acids is 1. The third-order valence-electron chi connectivity index (χ3n) is 5.63. The molecule has 0 radical (unpaired) electrons. The van der Waals surface area contributed by atoms with Crippen molar-refractivity contribution in [3.63, 3.8) is 0 Å². The Hall–Kier alpha value is -2.05. The zero-order chi connectivity index (χ0) is 22.8. The highest BCUT2D eigenvalue weighted by Gasteiger charge is 2.35. The van der Waals surface area contributed by atoms with Crippen molar-refractivity contribution in [2.45, 2.75) is 52.1 Å². The number of benzene rings is 2. The number of sulfone groups is 1. The highest BCUT2D eigenvalue weighted by Crippen LogP contribution is 2.25. The molecule has 1 aliphatic rings. The second-order valence-electron chi connectivity index (χ2n) is 9.22. The van der Waals surface area contributed by atoms with Gasteiger partial charge in [-0.25, -0.2) is 8.42 Å². The van der Waals surface area contributed by atoms with E-state index in [0.29, 0.717) is 23.7 Å². The van der Waals surface area contributed by atoms with Crippen molar-refractivity contribution in [1.82, 2.24) is 4.90 Å². The van der Waals surface area contributed by atoms with Crippen LogP contribution < -0.4 is 4.74 Å². The van der Waals surface area contributed by atoms with Crippen LogP contribution in [-0.2, 0) is 26.6 Å². The molecule has 7 heteroatoms. The SMILES string of the molecule is Cc1cc(Cl)ccc1OCC(=O)N(Cc1ccc(C(C)(C)C)cc1)C1CCS(=O)(=O)C1. The number of ether oxygens (including phenoxy) is 1. The second-order valence-corrected chi connectivity index (χ2v) is 11.9. The topological polar surface area (TPSA) is 63.7 Å². The quantitative estimate of drug-likeness (QED) is 0.630. The first-order valence-electron chi connectivity index (χ1n) is 10.4. The molecule has 2 aromatic carbocycles. The van der Waals surface area contributed by atoms with Gasteiger partial charge in [-0.3, -0.25) is 4.79 Å². The van der Waals surface area contributed by atoms with Gasteiger partial charge in [-0.05, 0) is 53.6 Å². The van der Waals surface area contributed by atoms with Gasteiger partial charge in [0.2, 0.25) is 0 Å². The number of hydrogen-bond acceptors (Lipinski definition) is 4. The molecule has 1 aliphatic heterocycles. The molecule has 1 atom stereocenters. The molecule has 0 spiro atoms. The molecule has 1 saturated heterocycles. The molecule has 1 heterocycles. The molecule has 0 aliphatic carbocycles. The lowest BCUT2D eigenvalue weighted by atomic mass is 9.86. The summed E-state index contributed by atoms with van der Waals surface area (Å²) in [6.07, 6.45) is 0.453. The molecule has 0 N–H and O–H groups in total. The Labute approximate surface area is 190 Å². The standard InChI is InChI=1S/C24H30ClNO4S/c1-17-13-20(25)9-10-22(17)30-15-23(27)26(21-11-12-31(28,29)16-21)14-18-5-7-19(8-6-18)24(2,3)4/h5-10,13,21H,11-12,14-16H2,1-4H3. The Morgan fingerprint density at radius 1 is 1.16 bits per heavy atom. The Balaban J connectivity index is 1.76. The first kappa shape index (κ1) is 23.6. The van der Waals surface area contributed by atoms with E-state index in [0.717, 1.165) is 11.1 Å². The van der Waals surface area contributed by atoms with E-state index in [-0.39, 0.29) is 35.5 Å². The van der Waals surface area contributed by atoms with Crippen molar-refractivity contribution in [3.05, 3.63) is 64.2 Å². The fraction of sp³-hybridized carbons (Fsp3) is 0.458. The lowest BCUT2D eigenvalue weighted by Crippen LogP contribution is -2.43. The van der Waals surface area contributed by atoms with E-state index in [4.69, 9.17) is 16.3 Å². The Morgan fingerprint density at radius 2 is 1.84 bits per heavy atom. The van der Waals surface area contributed by atoms with Crippen LogP contribution in [0.15, 0.2) is 42.5 Å². The minimum atomic E-state index is -3.12. The lowest BCUT2D eigenvalue weighted by Gasteiger charge is -2.29. The van der Waals surface area contributed by atoms with Gasteiger partial charge in [-0.2, -0.15) is 0 Å². The number of halogens is 1. The van der Waals surface area contributed by atoms with Crippen LogP contribution in [0.1, 0.15) is 43.9 Å². The summed E-state index contributed by atoms with van der Waals surface area (Å²) in [5, 5.41) is 0.604. The summed E-state index contributed by atoms with van der Waals surface area (Å²) >= 11 is 5.98. The molecule has 2 aromatic rings. The van der Waals surface area contributed by atoms with Gasteiger partial charge in [0.15, 0.2) is 16.4 Å². The average molecular weight is 464 g/mol. The third-order valence-corrected chi connectivity index (χ3v) is 7.62. The van der Waals surface area contributed by atoms with Gasteiger partial charge in [0.1, 0.15) is 5.75 Å². The summed E-state index contributed by atoms with van der Waals surface area (Å²) in [6.45, 7) is 8.52. The zero-order valence-electron chi connectivity index (χ0n) is 18.5. The molecular formula is C24H30ClNO4S. The molecular weight excluding hydrogens is 434 g/mol. The normalized spacial score (nSPS) is 18.0. The van der Waals surface area contributed by atoms with Crippen molar-refractivity contribution >= 4 is 27.3 Å². The van der Waals surface area contributed by atoms with Gasteiger partial charge in [0, 0.05) is 17.6 Å². The van der Waals surface area contributed by atoms with Gasteiger partial charge >= 0.3 is 0 Å². The first-order valence-corrected chi connectivity index (χ1v) is 12.6. The highest BCUT2D eigenvalue weighted by atomic mass is 35.5. The smallest absolute Gasteiger partial charge is 0.261 e. The fourth-order valence-corrected chi connectivity index (χ4v) is 5.70. The van der Waals surface area contributed by atoms with Crippen molar-refractivity contribution in [3.8, 4) is 5.75 Å². The van der Waals surface area contributed by atoms with Crippen LogP contribution in [0.2, 0.25) is 5.02 Å². The van der Waals surface area contributed by atoms with E-state index in [1.165, 1.54) is 5.56 Å². The minimum absolute atomic E-state index is 0.00120. The monoisotopic (exact) mass is 463 g/mol. The Kier molecular flexibility index (Phi) is 7.01. The number of rotatable bonds is 6. The van der Waals surface area contributed by atoms with Gasteiger partial charge in [0.25, 0.3) is 5.91 Å². The van der Waals surface area contributed by atoms with E-state index in [1.54, 1.807) is 23.1 Å². The first-order chi connectivity index (χ1) is 14.4. The van der Waals surface area contributed by atoms with Gasteiger partial charge in [-0.1, -0.05) is 56.6 Å². The molecule has 3 rings (SSSR count). The van der Waals surface area contributed by atoms with E-state index >= 15 is 0 Å². The summed E-state index contributed by atoms with van der Waals surface area (Å²) in [5.74, 6) is 0.475. The van der Waals surface area contributed by atoms with Gasteiger partial charge in [0.05, 0.1) is 11.5 Å². The van der Waals surface area contributed by atoms with Gasteiger partial charge in [-0.15, -0.1) is 0 Å². The van der Waals surface area contributed by atoms with Gasteiger partial charge < -0.3 is 9.64 Å². The Bertz CT molecular complexity index is 1040. The second kappa shape index (κ2) is 9.21. The van der Waals surface area contributed by atoms with Crippen molar-refractivity contribution in [2.24, 2.45) is 0 Å². The Morgan fingerprint density at radius 3 is 2.39 bits per heavy atom. The van der Waals surface area contributed by atoms with Crippen LogP contribution in [0.25, 0.3) is 0 Å². The van der Waals surface area contributed by atoms with Crippen LogP contribution in [0.5, 0.6) is 5.75 Å². The number of hydrogen-bond donors (Lipinski definition) is 0. The summed E-state index contributed by atoms with van der Waals surface area (Å²) in [6, 6.07) is 13.0. The van der Waals surface area contributed by atoms with E-state index in [2.05, 4.69) is 32.9 Å². The number of nitrogens with zero attached hydrogens (tertiary/aromatic N) is 1. The maximum atomic E-state index is 13.1. The molecule has 5 nitrogen and oxygen atoms in total. The third kappa shape index (κ3) is 6.23. The van der Waals surface area contributed by atoms with Crippen LogP contribution in [0.4, 0.5) is 0 Å².